The maximum atomic E-state index is 12.8. The lowest BCUT2D eigenvalue weighted by molar-refractivity contribution is 0.130. The molecule has 5 nitrogen and oxygen atoms in total. The van der Waals surface area contributed by atoms with E-state index >= 15 is 0 Å². The highest BCUT2D eigenvalue weighted by atomic mass is 32.1. The lowest BCUT2D eigenvalue weighted by Crippen LogP contribution is -2.47. The summed E-state index contributed by atoms with van der Waals surface area (Å²) in [5.74, 6) is 0.467. The van der Waals surface area contributed by atoms with Gasteiger partial charge in [-0.1, -0.05) is 12.8 Å². The van der Waals surface area contributed by atoms with Gasteiger partial charge in [0.1, 0.15) is 0 Å². The highest BCUT2D eigenvalue weighted by Gasteiger charge is 2.27. The van der Waals surface area contributed by atoms with E-state index in [1.54, 1.807) is 11.3 Å². The van der Waals surface area contributed by atoms with Gasteiger partial charge in [0, 0.05) is 32.3 Å². The van der Waals surface area contributed by atoms with E-state index < -0.39 is 0 Å². The SMILES string of the molecule is O=C(NCCN1CCC(CO)CC1)N(Cc1ccsc1)C1CCCC1. The number of aliphatic hydroxyl groups excluding tert-OH is 1. The van der Waals surface area contributed by atoms with Gasteiger partial charge in [-0.25, -0.2) is 4.79 Å². The first-order chi connectivity index (χ1) is 12.3. The number of likely N-dealkylation sites (tertiary alicyclic amines) is 1. The summed E-state index contributed by atoms with van der Waals surface area (Å²) in [4.78, 5) is 17.2. The molecule has 25 heavy (non-hydrogen) atoms. The summed E-state index contributed by atoms with van der Waals surface area (Å²) in [7, 11) is 0. The van der Waals surface area contributed by atoms with Crippen molar-refractivity contribution in [2.24, 2.45) is 5.92 Å². The number of piperidine rings is 1. The third-order valence-electron chi connectivity index (χ3n) is 5.63. The van der Waals surface area contributed by atoms with E-state index in [2.05, 4.69) is 27.0 Å². The summed E-state index contributed by atoms with van der Waals surface area (Å²) in [6.07, 6.45) is 6.86. The predicted octanol–water partition coefficient (Wildman–Crippen LogP) is 2.91. The van der Waals surface area contributed by atoms with Gasteiger partial charge in [0.15, 0.2) is 0 Å². The highest BCUT2D eigenvalue weighted by Crippen LogP contribution is 2.25. The number of nitrogens with zero attached hydrogens (tertiary/aromatic N) is 2. The highest BCUT2D eigenvalue weighted by molar-refractivity contribution is 7.07. The Morgan fingerprint density at radius 3 is 2.68 bits per heavy atom. The van der Waals surface area contributed by atoms with Crippen LogP contribution in [0.3, 0.4) is 0 Å². The Kier molecular flexibility index (Phi) is 7.13. The number of aliphatic hydroxyl groups is 1. The van der Waals surface area contributed by atoms with E-state index in [1.165, 1.54) is 18.4 Å². The van der Waals surface area contributed by atoms with Gasteiger partial charge >= 0.3 is 6.03 Å². The molecule has 0 aromatic carbocycles. The molecule has 0 spiro atoms. The maximum absolute atomic E-state index is 12.8. The molecule has 2 N–H and O–H groups in total. The molecule has 140 valence electrons. The maximum Gasteiger partial charge on any atom is 0.317 e. The first-order valence-corrected chi connectivity index (χ1v) is 10.6. The molecule has 0 unspecified atom stereocenters. The van der Waals surface area contributed by atoms with Crippen molar-refractivity contribution < 1.29 is 9.90 Å². The van der Waals surface area contributed by atoms with Gasteiger partial charge in [0.25, 0.3) is 0 Å². The van der Waals surface area contributed by atoms with Gasteiger partial charge in [-0.15, -0.1) is 0 Å². The van der Waals surface area contributed by atoms with Gasteiger partial charge < -0.3 is 20.2 Å². The van der Waals surface area contributed by atoms with E-state index in [0.29, 0.717) is 25.1 Å². The Labute approximate surface area is 155 Å². The molecule has 1 saturated heterocycles. The number of rotatable bonds is 7. The second-order valence-electron chi connectivity index (χ2n) is 7.40. The molecule has 0 radical (unpaired) electrons. The van der Waals surface area contributed by atoms with Crippen LogP contribution in [-0.4, -0.2) is 59.8 Å². The first-order valence-electron chi connectivity index (χ1n) is 9.65. The van der Waals surface area contributed by atoms with E-state index in [4.69, 9.17) is 0 Å². The molecule has 2 aliphatic rings. The van der Waals surface area contributed by atoms with Crippen LogP contribution in [0.15, 0.2) is 16.8 Å². The Bertz CT molecular complexity index is 509. The van der Waals surface area contributed by atoms with Gasteiger partial charge in [0.05, 0.1) is 0 Å². The summed E-state index contributed by atoms with van der Waals surface area (Å²) in [6, 6.07) is 2.59. The summed E-state index contributed by atoms with van der Waals surface area (Å²) < 4.78 is 0. The largest absolute Gasteiger partial charge is 0.396 e. The summed E-state index contributed by atoms with van der Waals surface area (Å²) in [6.45, 7) is 4.70. The van der Waals surface area contributed by atoms with Crippen LogP contribution in [0.25, 0.3) is 0 Å². The monoisotopic (exact) mass is 365 g/mol. The molecular formula is C19H31N3O2S. The zero-order valence-electron chi connectivity index (χ0n) is 15.0. The molecule has 1 saturated carbocycles. The minimum absolute atomic E-state index is 0.0864. The second kappa shape index (κ2) is 9.55. The van der Waals surface area contributed by atoms with Gasteiger partial charge in [-0.2, -0.15) is 11.3 Å². The number of amides is 2. The first kappa shape index (κ1) is 18.7. The molecule has 3 rings (SSSR count). The van der Waals surface area contributed by atoms with Crippen molar-refractivity contribution >= 4 is 17.4 Å². The van der Waals surface area contributed by atoms with Crippen LogP contribution in [-0.2, 0) is 6.54 Å². The Morgan fingerprint density at radius 1 is 1.28 bits per heavy atom. The predicted molar refractivity (Wildman–Crippen MR) is 102 cm³/mol. The third kappa shape index (κ3) is 5.43. The molecule has 0 bridgehead atoms. The molecule has 2 fully saturated rings. The normalized spacial score (nSPS) is 20.0. The molecule has 0 atom stereocenters. The van der Waals surface area contributed by atoms with Gasteiger partial charge in [-0.05, 0) is 67.1 Å². The minimum atomic E-state index is 0.0864. The average Bonchev–Trinajstić information content (AvgIpc) is 3.34. The zero-order valence-corrected chi connectivity index (χ0v) is 15.8. The van der Waals surface area contributed by atoms with Crippen LogP contribution in [0.1, 0.15) is 44.1 Å². The van der Waals surface area contributed by atoms with Crippen LogP contribution < -0.4 is 5.32 Å². The van der Waals surface area contributed by atoms with Crippen LogP contribution >= 0.6 is 11.3 Å². The van der Waals surface area contributed by atoms with Crippen molar-refractivity contribution in [3.05, 3.63) is 22.4 Å². The summed E-state index contributed by atoms with van der Waals surface area (Å²) in [5.41, 5.74) is 1.23. The molecule has 1 aliphatic carbocycles. The topological polar surface area (TPSA) is 55.8 Å². The fraction of sp³-hybridized carbons (Fsp3) is 0.737. The number of hydrogen-bond donors (Lipinski definition) is 2. The number of hydrogen-bond acceptors (Lipinski definition) is 4. The van der Waals surface area contributed by atoms with Crippen LogP contribution in [0.4, 0.5) is 4.79 Å². The van der Waals surface area contributed by atoms with Crippen molar-refractivity contribution in [1.82, 2.24) is 15.1 Å². The quantitative estimate of drug-likeness (QED) is 0.781. The lowest BCUT2D eigenvalue weighted by atomic mass is 9.98. The molecule has 1 aliphatic heterocycles. The second-order valence-corrected chi connectivity index (χ2v) is 8.18. The Balaban J connectivity index is 1.45. The fourth-order valence-corrected chi connectivity index (χ4v) is 4.64. The lowest BCUT2D eigenvalue weighted by Gasteiger charge is -2.32. The Hall–Kier alpha value is -1.11. The zero-order chi connectivity index (χ0) is 17.5. The van der Waals surface area contributed by atoms with Gasteiger partial charge in [0.2, 0.25) is 0 Å². The van der Waals surface area contributed by atoms with E-state index in [0.717, 1.165) is 51.9 Å². The van der Waals surface area contributed by atoms with Crippen LogP contribution in [0, 0.1) is 5.92 Å². The van der Waals surface area contributed by atoms with Crippen molar-refractivity contribution in [3.8, 4) is 0 Å². The smallest absolute Gasteiger partial charge is 0.317 e. The third-order valence-corrected chi connectivity index (χ3v) is 6.36. The van der Waals surface area contributed by atoms with Crippen LogP contribution in [0.2, 0.25) is 0 Å². The van der Waals surface area contributed by atoms with E-state index in [-0.39, 0.29) is 6.03 Å². The number of carbonyl (C=O) groups is 1. The fourth-order valence-electron chi connectivity index (χ4n) is 3.98. The number of carbonyl (C=O) groups excluding carboxylic acids is 1. The molecular weight excluding hydrogens is 334 g/mol. The van der Waals surface area contributed by atoms with Gasteiger partial charge in [-0.3, -0.25) is 0 Å². The number of thiophene rings is 1. The van der Waals surface area contributed by atoms with Crippen molar-refractivity contribution in [1.29, 1.82) is 0 Å². The number of nitrogens with one attached hydrogen (secondary N) is 1. The average molecular weight is 366 g/mol. The minimum Gasteiger partial charge on any atom is -0.396 e. The van der Waals surface area contributed by atoms with E-state index in [1.807, 2.05) is 4.90 Å². The Morgan fingerprint density at radius 2 is 2.04 bits per heavy atom. The summed E-state index contributed by atoms with van der Waals surface area (Å²) >= 11 is 1.69. The molecule has 2 amide bonds. The molecule has 1 aromatic rings. The molecule has 1 aromatic heterocycles. The van der Waals surface area contributed by atoms with Crippen molar-refractivity contribution in [3.63, 3.8) is 0 Å². The molecule has 6 heteroatoms. The molecule has 2 heterocycles. The van der Waals surface area contributed by atoms with Crippen LogP contribution in [0.5, 0.6) is 0 Å². The number of urea groups is 1. The standard InChI is InChI=1S/C19H31N3O2S/c23-14-16-5-9-21(10-6-16)11-8-20-19(24)22(18-3-1-2-4-18)13-17-7-12-25-15-17/h7,12,15-16,18,23H,1-6,8-11,13-14H2,(H,20,24). The van der Waals surface area contributed by atoms with Crippen molar-refractivity contribution in [2.75, 3.05) is 32.8 Å². The summed E-state index contributed by atoms with van der Waals surface area (Å²) in [5, 5.41) is 16.6. The van der Waals surface area contributed by atoms with Crippen molar-refractivity contribution in [2.45, 2.75) is 51.1 Å². The van der Waals surface area contributed by atoms with E-state index in [9.17, 15) is 9.90 Å².